The van der Waals surface area contributed by atoms with Gasteiger partial charge in [-0.3, -0.25) is 0 Å². The number of nitriles is 1. The Balaban J connectivity index is 0.000000265. The molecule has 15 heavy (non-hydrogen) atoms. The van der Waals surface area contributed by atoms with Gasteiger partial charge in [0.05, 0.1) is 0 Å². The van der Waals surface area contributed by atoms with Crippen LogP contribution in [0, 0.1) is 11.3 Å². The molecule has 0 unspecified atom stereocenters. The lowest BCUT2D eigenvalue weighted by molar-refractivity contribution is -0.192. The highest BCUT2D eigenvalue weighted by atomic mass is 19.4. The van der Waals surface area contributed by atoms with Crippen LogP contribution in [0.15, 0.2) is 24.4 Å². The molecule has 1 aromatic rings. The van der Waals surface area contributed by atoms with Crippen LogP contribution in [-0.4, -0.2) is 22.2 Å². The van der Waals surface area contributed by atoms with Crippen molar-refractivity contribution < 1.29 is 23.1 Å². The summed E-state index contributed by atoms with van der Waals surface area (Å²) in [6.45, 7) is 0. The number of hydrogen-bond acceptors (Lipinski definition) is 3. The van der Waals surface area contributed by atoms with Crippen LogP contribution in [0.3, 0.4) is 0 Å². The molecular formula is C8H5F3N2O2. The smallest absolute Gasteiger partial charge is 0.475 e. The zero-order chi connectivity index (χ0) is 11.9. The lowest BCUT2D eigenvalue weighted by atomic mass is 10.4. The summed E-state index contributed by atoms with van der Waals surface area (Å²) in [5.74, 6) is -2.76. The number of alkyl halides is 3. The number of halogens is 3. The number of carboxylic acids is 1. The summed E-state index contributed by atoms with van der Waals surface area (Å²) in [4.78, 5) is 12.6. The van der Waals surface area contributed by atoms with Crippen LogP contribution in [0.4, 0.5) is 13.2 Å². The van der Waals surface area contributed by atoms with Crippen molar-refractivity contribution in [1.29, 1.82) is 5.26 Å². The summed E-state index contributed by atoms with van der Waals surface area (Å²) in [5, 5.41) is 15.4. The van der Waals surface area contributed by atoms with E-state index in [1.54, 1.807) is 24.4 Å². The second-order valence-electron chi connectivity index (χ2n) is 2.13. The first-order valence-electron chi connectivity index (χ1n) is 3.49. The molecule has 7 heteroatoms. The molecule has 0 aliphatic carbocycles. The number of pyridine rings is 1. The summed E-state index contributed by atoms with van der Waals surface area (Å²) in [6.07, 6.45) is -3.49. The first-order valence-corrected chi connectivity index (χ1v) is 3.49. The topological polar surface area (TPSA) is 74.0 Å². The van der Waals surface area contributed by atoms with E-state index in [9.17, 15) is 13.2 Å². The minimum absolute atomic E-state index is 0.465. The fraction of sp³-hybridized carbons (Fsp3) is 0.125. The van der Waals surface area contributed by atoms with Gasteiger partial charge in [-0.1, -0.05) is 6.07 Å². The molecule has 0 saturated carbocycles. The van der Waals surface area contributed by atoms with Crippen molar-refractivity contribution in [3.63, 3.8) is 0 Å². The first kappa shape index (κ1) is 12.9. The van der Waals surface area contributed by atoms with Gasteiger partial charge in [0.2, 0.25) is 0 Å². The molecule has 0 bridgehead atoms. The van der Waals surface area contributed by atoms with Crippen molar-refractivity contribution in [2.45, 2.75) is 6.18 Å². The van der Waals surface area contributed by atoms with Gasteiger partial charge in [-0.05, 0) is 12.1 Å². The van der Waals surface area contributed by atoms with E-state index in [4.69, 9.17) is 15.2 Å². The molecule has 4 nitrogen and oxygen atoms in total. The minimum Gasteiger partial charge on any atom is -0.475 e. The molecule has 80 valence electrons. The summed E-state index contributed by atoms with van der Waals surface area (Å²) < 4.78 is 31.7. The van der Waals surface area contributed by atoms with E-state index in [0.29, 0.717) is 5.69 Å². The van der Waals surface area contributed by atoms with Crippen LogP contribution in [0.5, 0.6) is 0 Å². The second-order valence-corrected chi connectivity index (χ2v) is 2.13. The average molecular weight is 218 g/mol. The van der Waals surface area contributed by atoms with E-state index < -0.39 is 12.1 Å². The summed E-state index contributed by atoms with van der Waals surface area (Å²) >= 11 is 0. The van der Waals surface area contributed by atoms with Gasteiger partial charge in [-0.2, -0.15) is 18.4 Å². The van der Waals surface area contributed by atoms with Gasteiger partial charge in [0.1, 0.15) is 11.8 Å². The highest BCUT2D eigenvalue weighted by Crippen LogP contribution is 2.13. The van der Waals surface area contributed by atoms with Crippen LogP contribution >= 0.6 is 0 Å². The maximum Gasteiger partial charge on any atom is 0.490 e. The fourth-order valence-electron chi connectivity index (χ4n) is 0.429. The van der Waals surface area contributed by atoms with E-state index in [-0.39, 0.29) is 0 Å². The Labute approximate surface area is 82.6 Å². The molecule has 0 aromatic carbocycles. The number of hydrogen-bond donors (Lipinski definition) is 1. The van der Waals surface area contributed by atoms with Crippen molar-refractivity contribution >= 4 is 5.97 Å². The van der Waals surface area contributed by atoms with Crippen molar-refractivity contribution in [3.8, 4) is 6.07 Å². The van der Waals surface area contributed by atoms with Crippen molar-refractivity contribution in [2.75, 3.05) is 0 Å². The van der Waals surface area contributed by atoms with Crippen LogP contribution in [-0.2, 0) is 4.79 Å². The van der Waals surface area contributed by atoms with E-state index in [1.807, 2.05) is 6.07 Å². The summed E-state index contributed by atoms with van der Waals surface area (Å²) in [7, 11) is 0. The molecule has 0 aliphatic rings. The van der Waals surface area contributed by atoms with Gasteiger partial charge >= 0.3 is 12.1 Å². The third-order valence-corrected chi connectivity index (χ3v) is 1.02. The Morgan fingerprint density at radius 1 is 1.47 bits per heavy atom. The van der Waals surface area contributed by atoms with E-state index in [0.717, 1.165) is 0 Å². The quantitative estimate of drug-likeness (QED) is 0.717. The number of nitrogens with zero attached hydrogens (tertiary/aromatic N) is 2. The van der Waals surface area contributed by atoms with Crippen molar-refractivity contribution in [1.82, 2.24) is 4.98 Å². The standard InChI is InChI=1S/C6H4N2.C2HF3O2/c7-5-6-3-1-2-4-8-6;3-2(4,5)1(6)7/h1-4H;(H,6,7). The number of carbonyl (C=O) groups is 1. The lowest BCUT2D eigenvalue weighted by Crippen LogP contribution is -2.21. The largest absolute Gasteiger partial charge is 0.490 e. The van der Waals surface area contributed by atoms with Crippen molar-refractivity contribution in [2.24, 2.45) is 0 Å². The van der Waals surface area contributed by atoms with Crippen LogP contribution in [0.25, 0.3) is 0 Å². The van der Waals surface area contributed by atoms with Gasteiger partial charge in [-0.15, -0.1) is 0 Å². The van der Waals surface area contributed by atoms with Gasteiger partial charge in [0.15, 0.2) is 0 Å². The van der Waals surface area contributed by atoms with E-state index in [2.05, 4.69) is 4.98 Å². The number of aliphatic carboxylic acids is 1. The minimum atomic E-state index is -5.08. The normalized spacial score (nSPS) is 9.47. The Morgan fingerprint density at radius 2 is 2.00 bits per heavy atom. The maximum absolute atomic E-state index is 10.6. The third kappa shape index (κ3) is 6.04. The summed E-state index contributed by atoms with van der Waals surface area (Å²) in [6, 6.07) is 7.14. The average Bonchev–Trinajstić information content (AvgIpc) is 2.18. The molecule has 0 fully saturated rings. The Kier molecular flexibility index (Phi) is 4.81. The predicted molar refractivity (Wildman–Crippen MR) is 42.6 cm³/mol. The monoisotopic (exact) mass is 218 g/mol. The molecule has 0 atom stereocenters. The SMILES string of the molecule is N#Cc1ccccn1.O=C(O)C(F)(F)F. The van der Waals surface area contributed by atoms with Crippen LogP contribution in [0.1, 0.15) is 5.69 Å². The third-order valence-electron chi connectivity index (χ3n) is 1.02. The van der Waals surface area contributed by atoms with E-state index >= 15 is 0 Å². The molecule has 0 saturated heterocycles. The van der Waals surface area contributed by atoms with Gasteiger partial charge in [0.25, 0.3) is 0 Å². The molecule has 1 N–H and O–H groups in total. The fourth-order valence-corrected chi connectivity index (χ4v) is 0.429. The Bertz CT molecular complexity index is 356. The van der Waals surface area contributed by atoms with Gasteiger partial charge in [-0.25, -0.2) is 9.78 Å². The first-order chi connectivity index (χ1) is 6.88. The number of rotatable bonds is 0. The molecule has 0 radical (unpaired) electrons. The number of aromatic nitrogens is 1. The zero-order valence-electron chi connectivity index (χ0n) is 7.19. The van der Waals surface area contributed by atoms with Crippen molar-refractivity contribution in [3.05, 3.63) is 30.1 Å². The molecule has 1 heterocycles. The summed E-state index contributed by atoms with van der Waals surface area (Å²) in [5.41, 5.74) is 0.465. The molecule has 0 aliphatic heterocycles. The highest BCUT2D eigenvalue weighted by molar-refractivity contribution is 5.73. The molecule has 0 spiro atoms. The predicted octanol–water partition coefficient (Wildman–Crippen LogP) is 1.59. The van der Waals surface area contributed by atoms with Gasteiger partial charge < -0.3 is 5.11 Å². The van der Waals surface area contributed by atoms with Gasteiger partial charge in [0, 0.05) is 6.20 Å². The Morgan fingerprint density at radius 3 is 2.20 bits per heavy atom. The zero-order valence-corrected chi connectivity index (χ0v) is 7.19. The molecule has 1 aromatic heterocycles. The number of carboxylic acid groups (broad SMARTS) is 1. The molecule has 0 amide bonds. The van der Waals surface area contributed by atoms with Crippen LogP contribution in [0.2, 0.25) is 0 Å². The lowest BCUT2D eigenvalue weighted by Gasteiger charge is -1.93. The molecule has 1 rings (SSSR count). The highest BCUT2D eigenvalue weighted by Gasteiger charge is 2.38. The van der Waals surface area contributed by atoms with Crippen LogP contribution < -0.4 is 0 Å². The van der Waals surface area contributed by atoms with E-state index in [1.165, 1.54) is 0 Å². The maximum atomic E-state index is 10.6. The second kappa shape index (κ2) is 5.59. The molecular weight excluding hydrogens is 213 g/mol. The Hall–Kier alpha value is -2.10.